The van der Waals surface area contributed by atoms with Gasteiger partial charge in [0, 0.05) is 30.1 Å². The van der Waals surface area contributed by atoms with Gasteiger partial charge in [0.05, 0.1) is 0 Å². The summed E-state index contributed by atoms with van der Waals surface area (Å²) in [6.07, 6.45) is -0.459. The number of ether oxygens (including phenoxy) is 1. The Morgan fingerprint density at radius 3 is 3.05 bits per heavy atom. The molecule has 0 radical (unpaired) electrons. The summed E-state index contributed by atoms with van der Waals surface area (Å²) in [5.41, 5.74) is 0. The van der Waals surface area contributed by atoms with E-state index < -0.39 is 6.10 Å². The van der Waals surface area contributed by atoms with Gasteiger partial charge in [-0.3, -0.25) is 4.79 Å². The zero-order chi connectivity index (χ0) is 13.8. The molecule has 1 saturated heterocycles. The highest BCUT2D eigenvalue weighted by atomic mass is 79.9. The van der Waals surface area contributed by atoms with Crippen LogP contribution in [0.4, 0.5) is 0 Å². The molecule has 1 amide bonds. The Kier molecular flexibility index (Phi) is 4.82. The quantitative estimate of drug-likeness (QED) is 0.924. The van der Waals surface area contributed by atoms with Crippen molar-refractivity contribution in [1.29, 1.82) is 0 Å². The predicted octanol–water partition coefficient (Wildman–Crippen LogP) is 2.04. The lowest BCUT2D eigenvalue weighted by molar-refractivity contribution is -0.139. The third-order valence-corrected chi connectivity index (χ3v) is 3.63. The van der Waals surface area contributed by atoms with Gasteiger partial charge in [-0.25, -0.2) is 0 Å². The van der Waals surface area contributed by atoms with Crippen molar-refractivity contribution < 1.29 is 9.53 Å². The number of carbonyl (C=O) groups is 1. The van der Waals surface area contributed by atoms with Crippen molar-refractivity contribution >= 4 is 21.8 Å². The minimum Gasteiger partial charge on any atom is -0.481 e. The van der Waals surface area contributed by atoms with Crippen LogP contribution in [0.25, 0.3) is 0 Å². The first-order valence-electron chi connectivity index (χ1n) is 6.50. The lowest BCUT2D eigenvalue weighted by Crippen LogP contribution is -2.54. The molecule has 1 N–H and O–H groups in total. The van der Waals surface area contributed by atoms with Crippen molar-refractivity contribution in [3.05, 3.63) is 28.7 Å². The van der Waals surface area contributed by atoms with Crippen LogP contribution in [0.15, 0.2) is 28.7 Å². The highest BCUT2D eigenvalue weighted by molar-refractivity contribution is 9.10. The summed E-state index contributed by atoms with van der Waals surface area (Å²) >= 11 is 3.39. The first-order valence-corrected chi connectivity index (χ1v) is 7.30. The van der Waals surface area contributed by atoms with E-state index in [-0.39, 0.29) is 5.91 Å². The number of benzene rings is 1. The molecule has 0 aliphatic carbocycles. The molecule has 0 aromatic heterocycles. The van der Waals surface area contributed by atoms with Crippen molar-refractivity contribution in [1.82, 2.24) is 10.2 Å². The van der Waals surface area contributed by atoms with Gasteiger partial charge in [-0.05, 0) is 32.0 Å². The molecule has 1 heterocycles. The van der Waals surface area contributed by atoms with Crippen LogP contribution in [0.5, 0.6) is 5.75 Å². The fraction of sp³-hybridized carbons (Fsp3) is 0.500. The molecular weight excluding hydrogens is 308 g/mol. The van der Waals surface area contributed by atoms with Crippen molar-refractivity contribution in [3.63, 3.8) is 0 Å². The average molecular weight is 327 g/mol. The fourth-order valence-electron chi connectivity index (χ4n) is 2.18. The Morgan fingerprint density at radius 1 is 1.58 bits per heavy atom. The number of amides is 1. The summed E-state index contributed by atoms with van der Waals surface area (Å²) in [5.74, 6) is 0.756. The van der Waals surface area contributed by atoms with Gasteiger partial charge in [-0.1, -0.05) is 22.0 Å². The van der Waals surface area contributed by atoms with E-state index in [1.54, 1.807) is 6.92 Å². The molecular formula is C14H19BrN2O2. The maximum absolute atomic E-state index is 12.3. The Bertz CT molecular complexity index is 453. The lowest BCUT2D eigenvalue weighted by Gasteiger charge is -2.33. The normalized spacial score (nSPS) is 21.0. The Labute approximate surface area is 122 Å². The van der Waals surface area contributed by atoms with E-state index in [1.165, 1.54) is 0 Å². The van der Waals surface area contributed by atoms with Crippen LogP contribution in [0.1, 0.15) is 13.8 Å². The van der Waals surface area contributed by atoms with Gasteiger partial charge in [0.25, 0.3) is 5.91 Å². The van der Waals surface area contributed by atoms with E-state index in [2.05, 4.69) is 28.2 Å². The number of piperazine rings is 1. The molecule has 0 saturated carbocycles. The minimum atomic E-state index is -0.459. The lowest BCUT2D eigenvalue weighted by atomic mass is 10.2. The van der Waals surface area contributed by atoms with E-state index in [0.29, 0.717) is 11.8 Å². The molecule has 4 nitrogen and oxygen atoms in total. The van der Waals surface area contributed by atoms with Gasteiger partial charge < -0.3 is 15.0 Å². The summed E-state index contributed by atoms with van der Waals surface area (Å²) in [4.78, 5) is 14.2. The van der Waals surface area contributed by atoms with Crippen molar-refractivity contribution in [3.8, 4) is 5.75 Å². The number of rotatable bonds is 3. The summed E-state index contributed by atoms with van der Waals surface area (Å²) in [6.45, 7) is 6.21. The molecule has 1 aromatic rings. The molecule has 1 aliphatic rings. The van der Waals surface area contributed by atoms with E-state index in [0.717, 1.165) is 24.1 Å². The second kappa shape index (κ2) is 6.39. The van der Waals surface area contributed by atoms with Crippen LogP contribution in [0, 0.1) is 0 Å². The average Bonchev–Trinajstić information content (AvgIpc) is 2.38. The second-order valence-electron chi connectivity index (χ2n) is 4.86. The summed E-state index contributed by atoms with van der Waals surface area (Å²) < 4.78 is 6.65. The maximum Gasteiger partial charge on any atom is 0.263 e. The van der Waals surface area contributed by atoms with Gasteiger partial charge in [0.2, 0.25) is 0 Å². The highest BCUT2D eigenvalue weighted by Gasteiger charge is 2.25. The van der Waals surface area contributed by atoms with E-state index in [9.17, 15) is 4.79 Å². The zero-order valence-corrected chi connectivity index (χ0v) is 12.8. The van der Waals surface area contributed by atoms with Crippen LogP contribution < -0.4 is 10.1 Å². The summed E-state index contributed by atoms with van der Waals surface area (Å²) in [6, 6.07) is 7.88. The summed E-state index contributed by atoms with van der Waals surface area (Å²) in [7, 11) is 0. The number of hydrogen-bond acceptors (Lipinski definition) is 3. The van der Waals surface area contributed by atoms with Crippen LogP contribution >= 0.6 is 15.9 Å². The van der Waals surface area contributed by atoms with Crippen molar-refractivity contribution in [2.45, 2.75) is 26.0 Å². The topological polar surface area (TPSA) is 41.6 Å². The number of nitrogens with one attached hydrogen (secondary N) is 1. The van der Waals surface area contributed by atoms with E-state index in [1.807, 2.05) is 29.2 Å². The molecule has 1 aliphatic heterocycles. The smallest absolute Gasteiger partial charge is 0.263 e. The molecule has 2 atom stereocenters. The molecule has 0 spiro atoms. The highest BCUT2D eigenvalue weighted by Crippen LogP contribution is 2.19. The largest absolute Gasteiger partial charge is 0.481 e. The van der Waals surface area contributed by atoms with Gasteiger partial charge in [0.15, 0.2) is 6.10 Å². The van der Waals surface area contributed by atoms with Crippen LogP contribution in [-0.4, -0.2) is 42.6 Å². The predicted molar refractivity (Wildman–Crippen MR) is 78.3 cm³/mol. The standard InChI is InChI=1S/C14H19BrN2O2/c1-10-9-17(7-6-16-10)14(18)11(2)19-13-5-3-4-12(15)8-13/h3-5,8,10-11,16H,6-7,9H2,1-2H3. The molecule has 2 rings (SSSR count). The second-order valence-corrected chi connectivity index (χ2v) is 5.77. The Balaban J connectivity index is 1.95. The minimum absolute atomic E-state index is 0.0494. The Morgan fingerprint density at radius 2 is 2.37 bits per heavy atom. The molecule has 1 fully saturated rings. The van der Waals surface area contributed by atoms with Gasteiger partial charge >= 0.3 is 0 Å². The van der Waals surface area contributed by atoms with Crippen molar-refractivity contribution in [2.75, 3.05) is 19.6 Å². The summed E-state index contributed by atoms with van der Waals surface area (Å²) in [5, 5.41) is 3.32. The monoisotopic (exact) mass is 326 g/mol. The number of halogens is 1. The molecule has 19 heavy (non-hydrogen) atoms. The van der Waals surface area contributed by atoms with Crippen LogP contribution in [0.3, 0.4) is 0 Å². The first-order chi connectivity index (χ1) is 9.06. The number of carbonyl (C=O) groups excluding carboxylic acids is 1. The molecule has 1 aromatic carbocycles. The van der Waals surface area contributed by atoms with Crippen LogP contribution in [0.2, 0.25) is 0 Å². The molecule has 104 valence electrons. The maximum atomic E-state index is 12.3. The SMILES string of the molecule is CC1CN(C(=O)C(C)Oc2cccc(Br)c2)CCN1. The van der Waals surface area contributed by atoms with Crippen molar-refractivity contribution in [2.24, 2.45) is 0 Å². The molecule has 0 bridgehead atoms. The molecule has 5 heteroatoms. The van der Waals surface area contributed by atoms with E-state index >= 15 is 0 Å². The molecule has 2 unspecified atom stereocenters. The fourth-order valence-corrected chi connectivity index (χ4v) is 2.56. The Hall–Kier alpha value is -1.07. The van der Waals surface area contributed by atoms with Gasteiger partial charge in [-0.2, -0.15) is 0 Å². The third kappa shape index (κ3) is 3.94. The third-order valence-electron chi connectivity index (χ3n) is 3.14. The van der Waals surface area contributed by atoms with E-state index in [4.69, 9.17) is 4.74 Å². The van der Waals surface area contributed by atoms with Gasteiger partial charge in [-0.15, -0.1) is 0 Å². The first kappa shape index (κ1) is 14.3. The number of hydrogen-bond donors (Lipinski definition) is 1. The van der Waals surface area contributed by atoms with Crippen LogP contribution in [-0.2, 0) is 4.79 Å². The van der Waals surface area contributed by atoms with Gasteiger partial charge in [0.1, 0.15) is 5.75 Å². The zero-order valence-electron chi connectivity index (χ0n) is 11.2. The number of nitrogens with zero attached hydrogens (tertiary/aromatic N) is 1.